The Bertz CT molecular complexity index is 611. The third-order valence-electron chi connectivity index (χ3n) is 5.29. The molecule has 0 aliphatic heterocycles. The number of phosphoric acid groups is 1. The van der Waals surface area contributed by atoms with Gasteiger partial charge in [-0.3, -0.25) is 4.52 Å². The number of hydrogen-bond donors (Lipinski definition) is 2. The number of esters is 2. The Kier molecular flexibility index (Phi) is 18.9. The molecule has 0 spiro atoms. The molecule has 0 heterocycles. The molecule has 0 atom stereocenters. The standard InChI is InChI=1S/C25H45O8P/c1-21(2)24(26)31-19-15-11-7-5-9-13-17-23(33-34(28,29)30)18-14-10-6-8-12-16-20-32-25(27)22(3)4/h23H,1,3,5-20H2,2,4H3,(H2,28,29,30). The Morgan fingerprint density at radius 3 is 1.32 bits per heavy atom. The van der Waals surface area contributed by atoms with Crippen LogP contribution in [0.3, 0.4) is 0 Å². The summed E-state index contributed by atoms with van der Waals surface area (Å²) in [5.74, 6) is -0.699. The van der Waals surface area contributed by atoms with E-state index < -0.39 is 13.9 Å². The summed E-state index contributed by atoms with van der Waals surface area (Å²) in [7, 11) is -4.50. The van der Waals surface area contributed by atoms with Crippen molar-refractivity contribution in [3.8, 4) is 0 Å². The fraction of sp³-hybridized carbons (Fsp3) is 0.760. The van der Waals surface area contributed by atoms with Crippen molar-refractivity contribution in [2.45, 2.75) is 110 Å². The minimum Gasteiger partial charge on any atom is -0.462 e. The molecule has 198 valence electrons. The van der Waals surface area contributed by atoms with Crippen molar-refractivity contribution in [3.63, 3.8) is 0 Å². The highest BCUT2D eigenvalue weighted by atomic mass is 31.2. The third-order valence-corrected chi connectivity index (χ3v) is 5.86. The average Bonchev–Trinajstić information content (AvgIpc) is 2.74. The van der Waals surface area contributed by atoms with Gasteiger partial charge in [0.15, 0.2) is 0 Å². The number of unbranched alkanes of at least 4 members (excludes halogenated alkanes) is 10. The first kappa shape index (κ1) is 32.5. The first-order chi connectivity index (χ1) is 16.0. The summed E-state index contributed by atoms with van der Waals surface area (Å²) >= 11 is 0. The molecule has 0 aliphatic carbocycles. The molecule has 0 aliphatic rings. The molecule has 2 N–H and O–H groups in total. The van der Waals surface area contributed by atoms with E-state index in [0.29, 0.717) is 37.2 Å². The lowest BCUT2D eigenvalue weighted by molar-refractivity contribution is -0.139. The van der Waals surface area contributed by atoms with Gasteiger partial charge in [-0.2, -0.15) is 0 Å². The maximum absolute atomic E-state index is 11.3. The van der Waals surface area contributed by atoms with E-state index in [2.05, 4.69) is 13.2 Å². The number of carbonyl (C=O) groups is 2. The number of hydrogen-bond acceptors (Lipinski definition) is 6. The quantitative estimate of drug-likeness (QED) is 0.0778. The van der Waals surface area contributed by atoms with Crippen molar-refractivity contribution in [2.75, 3.05) is 13.2 Å². The Labute approximate surface area is 205 Å². The predicted molar refractivity (Wildman–Crippen MR) is 133 cm³/mol. The maximum atomic E-state index is 11.3. The van der Waals surface area contributed by atoms with E-state index in [1.165, 1.54) is 0 Å². The highest BCUT2D eigenvalue weighted by Crippen LogP contribution is 2.39. The van der Waals surface area contributed by atoms with Crippen LogP contribution in [0.25, 0.3) is 0 Å². The first-order valence-electron chi connectivity index (χ1n) is 12.4. The van der Waals surface area contributed by atoms with Gasteiger partial charge in [-0.1, -0.05) is 77.4 Å². The van der Waals surface area contributed by atoms with E-state index in [1.807, 2.05) is 0 Å². The molecule has 0 unspecified atom stereocenters. The van der Waals surface area contributed by atoms with Crippen molar-refractivity contribution in [3.05, 3.63) is 24.3 Å². The van der Waals surface area contributed by atoms with Crippen molar-refractivity contribution in [1.82, 2.24) is 0 Å². The van der Waals surface area contributed by atoms with Crippen LogP contribution in [-0.4, -0.2) is 41.0 Å². The molecule has 34 heavy (non-hydrogen) atoms. The fourth-order valence-corrected chi connectivity index (χ4v) is 3.98. The number of ether oxygens (including phenoxy) is 2. The topological polar surface area (TPSA) is 119 Å². The number of carbonyl (C=O) groups excluding carboxylic acids is 2. The molecule has 0 saturated carbocycles. The first-order valence-corrected chi connectivity index (χ1v) is 13.9. The van der Waals surface area contributed by atoms with E-state index in [9.17, 15) is 23.9 Å². The van der Waals surface area contributed by atoms with E-state index in [-0.39, 0.29) is 11.9 Å². The minimum atomic E-state index is -4.50. The van der Waals surface area contributed by atoms with Gasteiger partial charge >= 0.3 is 19.8 Å². The van der Waals surface area contributed by atoms with Crippen LogP contribution in [0.2, 0.25) is 0 Å². The Morgan fingerprint density at radius 2 is 1.00 bits per heavy atom. The Balaban J connectivity index is 3.83. The van der Waals surface area contributed by atoms with Gasteiger partial charge in [0.1, 0.15) is 0 Å². The van der Waals surface area contributed by atoms with Crippen LogP contribution < -0.4 is 0 Å². The molecule has 0 aromatic rings. The van der Waals surface area contributed by atoms with E-state index in [1.54, 1.807) is 13.8 Å². The summed E-state index contributed by atoms with van der Waals surface area (Å²) in [5.41, 5.74) is 0.816. The van der Waals surface area contributed by atoms with Gasteiger partial charge < -0.3 is 19.3 Å². The smallest absolute Gasteiger partial charge is 0.462 e. The van der Waals surface area contributed by atoms with E-state index >= 15 is 0 Å². The van der Waals surface area contributed by atoms with Gasteiger partial charge in [-0.25, -0.2) is 14.2 Å². The Hall–Kier alpha value is -1.47. The molecular formula is C25H45O8P. The van der Waals surface area contributed by atoms with Gasteiger partial charge in [0.05, 0.1) is 19.3 Å². The third kappa shape index (κ3) is 21.1. The largest absolute Gasteiger partial charge is 0.469 e. The SMILES string of the molecule is C=C(C)C(=O)OCCCCCCCCC(CCCCCCCCOC(=O)C(=C)C)OP(=O)(O)O. The predicted octanol–water partition coefficient (Wildman–Crippen LogP) is 6.16. The molecular weight excluding hydrogens is 459 g/mol. The highest BCUT2D eigenvalue weighted by molar-refractivity contribution is 7.46. The summed E-state index contributed by atoms with van der Waals surface area (Å²) < 4.78 is 26.4. The highest BCUT2D eigenvalue weighted by Gasteiger charge is 2.21. The van der Waals surface area contributed by atoms with Gasteiger partial charge in [-0.05, 0) is 39.5 Å². The zero-order valence-corrected chi connectivity index (χ0v) is 22.0. The van der Waals surface area contributed by atoms with Crippen LogP contribution in [-0.2, 0) is 28.2 Å². The minimum absolute atomic E-state index is 0.349. The van der Waals surface area contributed by atoms with Gasteiger partial charge in [0, 0.05) is 11.1 Å². The van der Waals surface area contributed by atoms with Gasteiger partial charge in [0.2, 0.25) is 0 Å². The molecule has 0 saturated heterocycles. The average molecular weight is 505 g/mol. The molecule has 0 aromatic heterocycles. The molecule has 9 heteroatoms. The summed E-state index contributed by atoms with van der Waals surface area (Å²) in [5, 5.41) is 0. The summed E-state index contributed by atoms with van der Waals surface area (Å²) in [6.45, 7) is 11.2. The second kappa shape index (κ2) is 19.8. The van der Waals surface area contributed by atoms with Crippen LogP contribution in [0.4, 0.5) is 0 Å². The lowest BCUT2D eigenvalue weighted by Gasteiger charge is -2.18. The van der Waals surface area contributed by atoms with Crippen molar-refractivity contribution in [2.24, 2.45) is 0 Å². The molecule has 0 amide bonds. The molecule has 0 fully saturated rings. The molecule has 0 bridgehead atoms. The van der Waals surface area contributed by atoms with Gasteiger partial charge in [-0.15, -0.1) is 0 Å². The monoisotopic (exact) mass is 504 g/mol. The lowest BCUT2D eigenvalue weighted by Crippen LogP contribution is -2.11. The van der Waals surface area contributed by atoms with Crippen LogP contribution in [0.1, 0.15) is 104 Å². The lowest BCUT2D eigenvalue weighted by atomic mass is 10.0. The number of rotatable bonds is 22. The molecule has 8 nitrogen and oxygen atoms in total. The second-order valence-corrected chi connectivity index (χ2v) is 10.1. The summed E-state index contributed by atoms with van der Waals surface area (Å²) in [6.07, 6.45) is 12.2. The van der Waals surface area contributed by atoms with Crippen LogP contribution in [0.5, 0.6) is 0 Å². The van der Waals surface area contributed by atoms with E-state index in [0.717, 1.165) is 77.0 Å². The van der Waals surface area contributed by atoms with Crippen molar-refractivity contribution in [1.29, 1.82) is 0 Å². The fourth-order valence-electron chi connectivity index (χ4n) is 3.38. The second-order valence-electron chi connectivity index (χ2n) is 8.87. The summed E-state index contributed by atoms with van der Waals surface area (Å²) in [4.78, 5) is 40.9. The molecule has 0 rings (SSSR count). The Morgan fingerprint density at radius 1 is 0.676 bits per heavy atom. The van der Waals surface area contributed by atoms with Crippen molar-refractivity contribution < 1.29 is 37.9 Å². The number of phosphoric ester groups is 1. The van der Waals surface area contributed by atoms with Crippen LogP contribution in [0, 0.1) is 0 Å². The molecule has 0 aromatic carbocycles. The summed E-state index contributed by atoms with van der Waals surface area (Å²) in [6, 6.07) is 0. The molecule has 0 radical (unpaired) electrons. The normalized spacial score (nSPS) is 11.4. The van der Waals surface area contributed by atoms with Gasteiger partial charge in [0.25, 0.3) is 0 Å². The van der Waals surface area contributed by atoms with Crippen LogP contribution in [0.15, 0.2) is 24.3 Å². The van der Waals surface area contributed by atoms with Crippen molar-refractivity contribution >= 4 is 19.8 Å². The van der Waals surface area contributed by atoms with E-state index in [4.69, 9.17) is 14.0 Å². The van der Waals surface area contributed by atoms with Crippen LogP contribution >= 0.6 is 7.82 Å². The zero-order valence-electron chi connectivity index (χ0n) is 21.1. The maximum Gasteiger partial charge on any atom is 0.469 e. The zero-order chi connectivity index (χ0) is 25.8.